The summed E-state index contributed by atoms with van der Waals surface area (Å²) in [5.74, 6) is -1.51. The minimum Gasteiger partial charge on any atom is -0.481 e. The second kappa shape index (κ2) is 8.88. The molecule has 0 aromatic heterocycles. The number of amides is 1. The van der Waals surface area contributed by atoms with Crippen LogP contribution >= 0.6 is 0 Å². The number of hydrogen-bond acceptors (Lipinski definition) is 4. The number of rotatable bonds is 9. The predicted octanol–water partition coefficient (Wildman–Crippen LogP) is 1.71. The summed E-state index contributed by atoms with van der Waals surface area (Å²) in [7, 11) is 0. The van der Waals surface area contributed by atoms with Gasteiger partial charge in [-0.2, -0.15) is 0 Å². The lowest BCUT2D eigenvalue weighted by Crippen LogP contribution is -2.50. The molecule has 0 aliphatic heterocycles. The Bertz CT molecular complexity index is 399. The lowest BCUT2D eigenvalue weighted by molar-refractivity contribution is -0.137. The van der Waals surface area contributed by atoms with Crippen molar-refractivity contribution < 1.29 is 19.5 Å². The molecule has 6 heteroatoms. The van der Waals surface area contributed by atoms with Gasteiger partial charge in [-0.25, -0.2) is 0 Å². The topological polar surface area (TPSA) is 109 Å². The van der Waals surface area contributed by atoms with Crippen LogP contribution in [-0.4, -0.2) is 34.8 Å². The smallest absolute Gasteiger partial charge is 0.303 e. The zero-order valence-corrected chi connectivity index (χ0v) is 14.3. The van der Waals surface area contributed by atoms with Crippen LogP contribution in [0.1, 0.15) is 60.3 Å². The van der Waals surface area contributed by atoms with Crippen molar-refractivity contribution in [1.82, 2.24) is 5.32 Å². The molecule has 0 radical (unpaired) electrons. The van der Waals surface area contributed by atoms with Crippen LogP contribution in [-0.2, 0) is 14.4 Å². The lowest BCUT2D eigenvalue weighted by Gasteiger charge is -2.25. The number of Topliss-reactive ketones (excluding diaryl/α,β-unsaturated/α-hetero) is 1. The number of hydrogen-bond donors (Lipinski definition) is 3. The van der Waals surface area contributed by atoms with Crippen molar-refractivity contribution in [1.29, 1.82) is 0 Å². The van der Waals surface area contributed by atoms with E-state index < -0.39 is 24.0 Å². The standard InChI is InChI=1S/C16H30N2O4/c1-10(2)14(12(19)8-9-16(3,4)5)18-15(22)11(17)6-7-13(20)21/h10-11,14H,6-9,17H2,1-5H3,(H,18,22)(H,20,21). The molecule has 128 valence electrons. The maximum atomic E-state index is 12.3. The normalized spacial score (nSPS) is 14.5. The SMILES string of the molecule is CC(C)C(NC(=O)C(N)CCC(=O)O)C(=O)CCC(C)(C)C. The van der Waals surface area contributed by atoms with Gasteiger partial charge < -0.3 is 16.2 Å². The Morgan fingerprint density at radius 2 is 1.68 bits per heavy atom. The average molecular weight is 314 g/mol. The molecule has 0 saturated heterocycles. The number of nitrogens with two attached hydrogens (primary N) is 1. The Balaban J connectivity index is 4.60. The Kier molecular flexibility index (Phi) is 8.30. The third kappa shape index (κ3) is 8.77. The molecule has 2 atom stereocenters. The summed E-state index contributed by atoms with van der Waals surface area (Å²) in [5, 5.41) is 11.3. The molecule has 1 amide bonds. The minimum absolute atomic E-state index is 0.0105. The number of nitrogens with one attached hydrogen (secondary N) is 1. The van der Waals surface area contributed by atoms with E-state index in [1.807, 2.05) is 13.8 Å². The van der Waals surface area contributed by atoms with Crippen molar-refractivity contribution in [2.45, 2.75) is 72.4 Å². The van der Waals surface area contributed by atoms with E-state index in [-0.39, 0.29) is 30.0 Å². The molecule has 0 fully saturated rings. The van der Waals surface area contributed by atoms with Gasteiger partial charge in [-0.05, 0) is 24.2 Å². The zero-order valence-electron chi connectivity index (χ0n) is 14.3. The lowest BCUT2D eigenvalue weighted by atomic mass is 9.87. The number of ketones is 1. The molecule has 0 spiro atoms. The fourth-order valence-electron chi connectivity index (χ4n) is 1.94. The van der Waals surface area contributed by atoms with Crippen molar-refractivity contribution in [2.24, 2.45) is 17.1 Å². The van der Waals surface area contributed by atoms with Crippen LogP contribution in [0, 0.1) is 11.3 Å². The van der Waals surface area contributed by atoms with Gasteiger partial charge in [0.1, 0.15) is 0 Å². The van der Waals surface area contributed by atoms with Gasteiger partial charge in [-0.1, -0.05) is 34.6 Å². The van der Waals surface area contributed by atoms with Crippen molar-refractivity contribution in [3.63, 3.8) is 0 Å². The fraction of sp³-hybridized carbons (Fsp3) is 0.812. The first-order chi connectivity index (χ1) is 9.94. The first-order valence-electron chi connectivity index (χ1n) is 7.74. The first-order valence-corrected chi connectivity index (χ1v) is 7.74. The van der Waals surface area contributed by atoms with Gasteiger partial charge in [0, 0.05) is 12.8 Å². The molecule has 0 bridgehead atoms. The molecule has 0 aromatic carbocycles. The van der Waals surface area contributed by atoms with Crippen molar-refractivity contribution in [3.8, 4) is 0 Å². The molecule has 4 N–H and O–H groups in total. The highest BCUT2D eigenvalue weighted by Crippen LogP contribution is 2.22. The Hall–Kier alpha value is -1.43. The van der Waals surface area contributed by atoms with Crippen molar-refractivity contribution in [3.05, 3.63) is 0 Å². The van der Waals surface area contributed by atoms with E-state index in [4.69, 9.17) is 10.8 Å². The third-order valence-electron chi connectivity index (χ3n) is 3.44. The fourth-order valence-corrected chi connectivity index (χ4v) is 1.94. The summed E-state index contributed by atoms with van der Waals surface area (Å²) in [4.78, 5) is 34.8. The van der Waals surface area contributed by atoms with Crippen LogP contribution in [0.15, 0.2) is 0 Å². The second-order valence-electron chi connectivity index (χ2n) is 7.30. The summed E-state index contributed by atoms with van der Waals surface area (Å²) in [5.41, 5.74) is 5.73. The van der Waals surface area contributed by atoms with Crippen LogP contribution in [0.2, 0.25) is 0 Å². The van der Waals surface area contributed by atoms with Gasteiger partial charge in [-0.15, -0.1) is 0 Å². The summed E-state index contributed by atoms with van der Waals surface area (Å²) in [6, 6.07) is -1.49. The van der Waals surface area contributed by atoms with Crippen molar-refractivity contribution >= 4 is 17.7 Å². The van der Waals surface area contributed by atoms with Gasteiger partial charge in [-0.3, -0.25) is 14.4 Å². The van der Waals surface area contributed by atoms with Gasteiger partial charge in [0.15, 0.2) is 5.78 Å². The van der Waals surface area contributed by atoms with Crippen LogP contribution < -0.4 is 11.1 Å². The van der Waals surface area contributed by atoms with Gasteiger partial charge in [0.25, 0.3) is 0 Å². The highest BCUT2D eigenvalue weighted by molar-refractivity contribution is 5.91. The van der Waals surface area contributed by atoms with Crippen LogP contribution in [0.25, 0.3) is 0 Å². The molecular weight excluding hydrogens is 284 g/mol. The van der Waals surface area contributed by atoms with E-state index in [1.165, 1.54) is 0 Å². The second-order valence-corrected chi connectivity index (χ2v) is 7.30. The number of carboxylic acid groups (broad SMARTS) is 1. The number of carbonyl (C=O) groups excluding carboxylic acids is 2. The maximum Gasteiger partial charge on any atom is 0.303 e. The van der Waals surface area contributed by atoms with E-state index in [2.05, 4.69) is 26.1 Å². The summed E-state index contributed by atoms with van der Waals surface area (Å²) >= 11 is 0. The summed E-state index contributed by atoms with van der Waals surface area (Å²) in [6.45, 7) is 9.91. The molecule has 0 aliphatic rings. The number of carboxylic acids is 1. The Labute approximate surface area is 132 Å². The van der Waals surface area contributed by atoms with E-state index in [0.29, 0.717) is 6.42 Å². The van der Waals surface area contributed by atoms with Gasteiger partial charge in [0.05, 0.1) is 12.1 Å². The minimum atomic E-state index is -0.995. The van der Waals surface area contributed by atoms with E-state index in [0.717, 1.165) is 6.42 Å². The van der Waals surface area contributed by atoms with Gasteiger partial charge >= 0.3 is 5.97 Å². The Morgan fingerprint density at radius 3 is 2.09 bits per heavy atom. The summed E-state index contributed by atoms with van der Waals surface area (Å²) < 4.78 is 0. The monoisotopic (exact) mass is 314 g/mol. The van der Waals surface area contributed by atoms with Gasteiger partial charge in [0.2, 0.25) is 5.91 Å². The molecule has 22 heavy (non-hydrogen) atoms. The molecule has 0 aliphatic carbocycles. The maximum absolute atomic E-state index is 12.3. The Morgan fingerprint density at radius 1 is 1.14 bits per heavy atom. The van der Waals surface area contributed by atoms with Crippen LogP contribution in [0.3, 0.4) is 0 Å². The zero-order chi connectivity index (χ0) is 17.5. The molecular formula is C16H30N2O4. The molecule has 2 unspecified atom stereocenters. The molecule has 0 rings (SSSR count). The average Bonchev–Trinajstić information content (AvgIpc) is 2.37. The van der Waals surface area contributed by atoms with Crippen LogP contribution in [0.5, 0.6) is 0 Å². The van der Waals surface area contributed by atoms with E-state index in [1.54, 1.807) is 0 Å². The van der Waals surface area contributed by atoms with E-state index in [9.17, 15) is 14.4 Å². The molecule has 0 heterocycles. The number of carbonyl (C=O) groups is 3. The van der Waals surface area contributed by atoms with E-state index >= 15 is 0 Å². The highest BCUT2D eigenvalue weighted by Gasteiger charge is 2.27. The third-order valence-corrected chi connectivity index (χ3v) is 3.44. The molecule has 0 aromatic rings. The molecule has 0 saturated carbocycles. The first kappa shape index (κ1) is 20.6. The van der Waals surface area contributed by atoms with Crippen LogP contribution in [0.4, 0.5) is 0 Å². The number of aliphatic carboxylic acids is 1. The van der Waals surface area contributed by atoms with Crippen molar-refractivity contribution in [2.75, 3.05) is 0 Å². The quantitative estimate of drug-likeness (QED) is 0.600. The molecule has 6 nitrogen and oxygen atoms in total. The summed E-state index contributed by atoms with van der Waals surface area (Å²) in [6.07, 6.45) is 1.04. The largest absolute Gasteiger partial charge is 0.481 e. The predicted molar refractivity (Wildman–Crippen MR) is 85.3 cm³/mol. The highest BCUT2D eigenvalue weighted by atomic mass is 16.4.